The number of carbonyl (C=O) groups is 1. The first-order valence-electron chi connectivity index (χ1n) is 5.61. The number of alkyl halides is 1. The van der Waals surface area contributed by atoms with Gasteiger partial charge in [-0.05, 0) is 38.5 Å². The summed E-state index contributed by atoms with van der Waals surface area (Å²) in [4.78, 5) is 12.2. The van der Waals surface area contributed by atoms with Gasteiger partial charge in [0.1, 0.15) is 5.75 Å². The van der Waals surface area contributed by atoms with E-state index in [4.69, 9.17) is 16.3 Å². The van der Waals surface area contributed by atoms with Gasteiger partial charge in [0.2, 0.25) is 0 Å². The second kappa shape index (κ2) is 6.43. The molecule has 0 unspecified atom stereocenters. The molecule has 0 radical (unpaired) electrons. The number of amides is 1. The summed E-state index contributed by atoms with van der Waals surface area (Å²) in [5.74, 6) is 0.892. The number of carbonyl (C=O) groups excluding carboxylic acids is 1. The molecule has 0 heterocycles. The number of halogens is 2. The van der Waals surface area contributed by atoms with E-state index in [-0.39, 0.29) is 11.4 Å². The van der Waals surface area contributed by atoms with Crippen molar-refractivity contribution in [3.8, 4) is 5.75 Å². The highest BCUT2D eigenvalue weighted by atomic mass is 79.9. The zero-order chi connectivity index (χ0) is 13.8. The third-order valence-electron chi connectivity index (χ3n) is 2.58. The monoisotopic (exact) mass is 333 g/mol. The van der Waals surface area contributed by atoms with Crippen molar-refractivity contribution >= 4 is 33.4 Å². The fourth-order valence-electron chi connectivity index (χ4n) is 1.53. The minimum absolute atomic E-state index is 0.158. The Morgan fingerprint density at radius 1 is 1.50 bits per heavy atom. The summed E-state index contributed by atoms with van der Waals surface area (Å²) < 4.78 is 6.08. The topological polar surface area (TPSA) is 38.3 Å². The minimum Gasteiger partial charge on any atom is -0.496 e. The largest absolute Gasteiger partial charge is 0.496 e. The lowest BCUT2D eigenvalue weighted by Crippen LogP contribution is -2.43. The molecule has 3 nitrogen and oxygen atoms in total. The number of nitrogens with one attached hydrogen (secondary N) is 1. The fourth-order valence-corrected chi connectivity index (χ4v) is 2.34. The number of hydrogen-bond acceptors (Lipinski definition) is 2. The quantitative estimate of drug-likeness (QED) is 0.836. The molecular weight excluding hydrogens is 318 g/mol. The van der Waals surface area contributed by atoms with Gasteiger partial charge in [0.15, 0.2) is 0 Å². The maximum Gasteiger partial charge on any atom is 0.255 e. The highest BCUT2D eigenvalue weighted by molar-refractivity contribution is 9.10. The summed E-state index contributed by atoms with van der Waals surface area (Å²) in [5.41, 5.74) is 0.181. The molecule has 100 valence electrons. The molecule has 1 aromatic rings. The standard InChI is InChI=1S/C13H17BrClNO2/c1-13(2,6-7-15)16-12(17)10-5-4-9(14)8-11(10)18-3/h4-5,8H,6-7H2,1-3H3,(H,16,17). The molecular formula is C13H17BrClNO2. The SMILES string of the molecule is COc1cc(Br)ccc1C(=O)NC(C)(C)CCCl. The van der Waals surface area contributed by atoms with Crippen LogP contribution >= 0.6 is 27.5 Å². The van der Waals surface area contributed by atoms with Crippen molar-refractivity contribution in [2.75, 3.05) is 13.0 Å². The van der Waals surface area contributed by atoms with Crippen molar-refractivity contribution in [3.05, 3.63) is 28.2 Å². The number of methoxy groups -OCH3 is 1. The molecule has 0 saturated heterocycles. The van der Waals surface area contributed by atoms with Crippen LogP contribution in [0.15, 0.2) is 22.7 Å². The highest BCUT2D eigenvalue weighted by Gasteiger charge is 2.22. The van der Waals surface area contributed by atoms with Crippen molar-refractivity contribution in [3.63, 3.8) is 0 Å². The molecule has 0 bridgehead atoms. The van der Waals surface area contributed by atoms with Gasteiger partial charge in [0.25, 0.3) is 5.91 Å². The summed E-state index contributed by atoms with van der Waals surface area (Å²) >= 11 is 9.06. The number of rotatable bonds is 5. The Morgan fingerprint density at radius 2 is 2.17 bits per heavy atom. The Kier molecular flexibility index (Phi) is 5.47. The van der Waals surface area contributed by atoms with Gasteiger partial charge in [-0.15, -0.1) is 11.6 Å². The molecule has 0 aliphatic carbocycles. The molecule has 1 rings (SSSR count). The van der Waals surface area contributed by atoms with E-state index in [0.29, 0.717) is 23.6 Å². The normalized spacial score (nSPS) is 11.2. The second-order valence-electron chi connectivity index (χ2n) is 4.62. The van der Waals surface area contributed by atoms with Crippen LogP contribution < -0.4 is 10.1 Å². The molecule has 5 heteroatoms. The van der Waals surface area contributed by atoms with Gasteiger partial charge in [0.05, 0.1) is 12.7 Å². The molecule has 18 heavy (non-hydrogen) atoms. The van der Waals surface area contributed by atoms with E-state index < -0.39 is 0 Å². The summed E-state index contributed by atoms with van der Waals surface area (Å²) in [7, 11) is 1.54. The van der Waals surface area contributed by atoms with E-state index in [1.54, 1.807) is 19.2 Å². The minimum atomic E-state index is -0.336. The molecule has 0 aromatic heterocycles. The number of benzene rings is 1. The fraction of sp³-hybridized carbons (Fsp3) is 0.462. The van der Waals surface area contributed by atoms with E-state index in [1.807, 2.05) is 19.9 Å². The molecule has 1 amide bonds. The van der Waals surface area contributed by atoms with Crippen molar-refractivity contribution in [1.29, 1.82) is 0 Å². The Bertz CT molecular complexity index is 435. The molecule has 0 aliphatic rings. The third-order valence-corrected chi connectivity index (χ3v) is 3.26. The smallest absolute Gasteiger partial charge is 0.255 e. The van der Waals surface area contributed by atoms with E-state index in [9.17, 15) is 4.79 Å². The maximum atomic E-state index is 12.2. The van der Waals surface area contributed by atoms with Crippen LogP contribution in [0.1, 0.15) is 30.6 Å². The van der Waals surface area contributed by atoms with Gasteiger partial charge in [-0.1, -0.05) is 15.9 Å². The van der Waals surface area contributed by atoms with Crippen LogP contribution in [0.2, 0.25) is 0 Å². The number of hydrogen-bond donors (Lipinski definition) is 1. The summed E-state index contributed by atoms with van der Waals surface area (Å²) in [5, 5.41) is 2.95. The van der Waals surface area contributed by atoms with Crippen molar-refractivity contribution < 1.29 is 9.53 Å². The van der Waals surface area contributed by atoms with E-state index in [2.05, 4.69) is 21.2 Å². The Morgan fingerprint density at radius 3 is 2.72 bits per heavy atom. The van der Waals surface area contributed by atoms with Gasteiger partial charge in [-0.2, -0.15) is 0 Å². The summed E-state index contributed by atoms with van der Waals surface area (Å²) in [6.45, 7) is 3.89. The van der Waals surface area contributed by atoms with E-state index in [1.165, 1.54) is 0 Å². The van der Waals surface area contributed by atoms with Gasteiger partial charge >= 0.3 is 0 Å². The highest BCUT2D eigenvalue weighted by Crippen LogP contribution is 2.24. The van der Waals surface area contributed by atoms with Gasteiger partial charge in [-0.3, -0.25) is 4.79 Å². The first kappa shape index (κ1) is 15.3. The summed E-state index contributed by atoms with van der Waals surface area (Å²) in [6, 6.07) is 5.31. The van der Waals surface area contributed by atoms with Gasteiger partial charge < -0.3 is 10.1 Å². The Hall–Kier alpha value is -0.740. The Balaban J connectivity index is 2.91. The predicted octanol–water partition coefficient (Wildman–Crippen LogP) is 3.60. The van der Waals surface area contributed by atoms with Crippen molar-refractivity contribution in [2.24, 2.45) is 0 Å². The van der Waals surface area contributed by atoms with Crippen molar-refractivity contribution in [2.45, 2.75) is 25.8 Å². The molecule has 0 spiro atoms. The Labute approximate surface area is 121 Å². The van der Waals surface area contributed by atoms with Crippen LogP contribution in [0.3, 0.4) is 0 Å². The molecule has 1 N–H and O–H groups in total. The molecule has 0 atom stereocenters. The second-order valence-corrected chi connectivity index (χ2v) is 5.92. The van der Waals surface area contributed by atoms with Crippen molar-refractivity contribution in [1.82, 2.24) is 5.32 Å². The zero-order valence-corrected chi connectivity index (χ0v) is 13.1. The zero-order valence-electron chi connectivity index (χ0n) is 10.7. The molecule has 0 fully saturated rings. The molecule has 0 saturated carbocycles. The lowest BCUT2D eigenvalue weighted by Gasteiger charge is -2.25. The lowest BCUT2D eigenvalue weighted by molar-refractivity contribution is 0.0908. The lowest BCUT2D eigenvalue weighted by atomic mass is 10.0. The van der Waals surface area contributed by atoms with Crippen LogP contribution in [-0.4, -0.2) is 24.4 Å². The van der Waals surface area contributed by atoms with Crippen LogP contribution in [0.25, 0.3) is 0 Å². The summed E-state index contributed by atoms with van der Waals surface area (Å²) in [6.07, 6.45) is 0.707. The maximum absolute atomic E-state index is 12.2. The average molecular weight is 335 g/mol. The van der Waals surface area contributed by atoms with Crippen LogP contribution in [0.4, 0.5) is 0 Å². The average Bonchev–Trinajstić information content (AvgIpc) is 2.27. The first-order chi connectivity index (χ1) is 8.39. The van der Waals surface area contributed by atoms with Crippen LogP contribution in [0, 0.1) is 0 Å². The first-order valence-corrected chi connectivity index (χ1v) is 6.94. The molecule has 0 aliphatic heterocycles. The van der Waals surface area contributed by atoms with Gasteiger partial charge in [0, 0.05) is 15.9 Å². The number of ether oxygens (including phenoxy) is 1. The van der Waals surface area contributed by atoms with Crippen LogP contribution in [-0.2, 0) is 0 Å². The van der Waals surface area contributed by atoms with Gasteiger partial charge in [-0.25, -0.2) is 0 Å². The third kappa shape index (κ3) is 4.18. The van der Waals surface area contributed by atoms with E-state index in [0.717, 1.165) is 4.47 Å². The van der Waals surface area contributed by atoms with E-state index >= 15 is 0 Å². The van der Waals surface area contributed by atoms with Crippen LogP contribution in [0.5, 0.6) is 5.75 Å². The molecule has 1 aromatic carbocycles. The predicted molar refractivity (Wildman–Crippen MR) is 77.6 cm³/mol.